The number of benzene rings is 3. The molecule has 0 aliphatic rings. The van der Waals surface area contributed by atoms with Crippen molar-refractivity contribution in [2.45, 2.75) is 6.42 Å². The molecule has 35 heavy (non-hydrogen) atoms. The molecule has 0 amide bonds. The summed E-state index contributed by atoms with van der Waals surface area (Å²) in [5.74, 6) is -0.434. The summed E-state index contributed by atoms with van der Waals surface area (Å²) in [6.45, 7) is 0. The largest absolute Gasteiger partial charge is 0.457 e. The molecule has 0 N–H and O–H groups in total. The van der Waals surface area contributed by atoms with Crippen LogP contribution < -0.4 is 4.74 Å². The van der Waals surface area contributed by atoms with Crippen LogP contribution in [-0.2, 0) is 6.42 Å². The molecular weight excluding hydrogens is 448 g/mol. The third-order valence-electron chi connectivity index (χ3n) is 5.63. The number of nitrogens with zero attached hydrogens (tertiary/aromatic N) is 5. The lowest BCUT2D eigenvalue weighted by atomic mass is 10.1. The normalized spacial score (nSPS) is 11.3. The van der Waals surface area contributed by atoms with E-state index in [1.54, 1.807) is 22.8 Å². The number of rotatable bonds is 5. The maximum absolute atomic E-state index is 13.4. The maximum Gasteiger partial charge on any atom is 0.177 e. The van der Waals surface area contributed by atoms with Crippen LogP contribution in [0.4, 0.5) is 8.78 Å². The number of ether oxygens (including phenoxy) is 1. The van der Waals surface area contributed by atoms with Gasteiger partial charge in [0.25, 0.3) is 0 Å². The van der Waals surface area contributed by atoms with Crippen LogP contribution in [-0.4, -0.2) is 24.8 Å². The van der Waals surface area contributed by atoms with E-state index in [1.165, 1.54) is 6.07 Å². The summed E-state index contributed by atoms with van der Waals surface area (Å²) in [6.07, 6.45) is 2.35. The molecule has 0 aliphatic heterocycles. The summed E-state index contributed by atoms with van der Waals surface area (Å²) < 4.78 is 33.9. The molecule has 0 saturated heterocycles. The van der Waals surface area contributed by atoms with Gasteiger partial charge in [0, 0.05) is 29.6 Å². The van der Waals surface area contributed by atoms with Gasteiger partial charge in [-0.3, -0.25) is 4.98 Å². The number of hydrogen-bond acceptors (Lipinski definition) is 5. The molecule has 0 fully saturated rings. The van der Waals surface area contributed by atoms with Crippen molar-refractivity contribution in [1.29, 1.82) is 0 Å². The van der Waals surface area contributed by atoms with Crippen LogP contribution in [0.1, 0.15) is 11.4 Å². The van der Waals surface area contributed by atoms with E-state index in [4.69, 9.17) is 9.84 Å². The minimum atomic E-state index is -0.957. The predicted molar refractivity (Wildman–Crippen MR) is 127 cm³/mol. The number of fused-ring (bicyclic) bond motifs is 2. The number of halogens is 2. The molecule has 3 aromatic heterocycles. The molecule has 6 rings (SSSR count). The van der Waals surface area contributed by atoms with E-state index in [-0.39, 0.29) is 5.75 Å². The van der Waals surface area contributed by atoms with Crippen LogP contribution >= 0.6 is 0 Å². The van der Waals surface area contributed by atoms with Crippen LogP contribution in [0.15, 0.2) is 91.1 Å². The lowest BCUT2D eigenvalue weighted by Gasteiger charge is -2.08. The van der Waals surface area contributed by atoms with Crippen molar-refractivity contribution in [3.8, 4) is 22.8 Å². The number of pyridine rings is 1. The molecule has 0 unspecified atom stereocenters. The Hall–Kier alpha value is -4.72. The standard InChI is InChI=1S/C27H17F2N5O/c28-22-9-8-21(16-23(22)29)35-20-6-4-18(5-7-20)25-11-12-26-31-32-27(34(26)33-25)15-17-3-10-24-19(14-17)2-1-13-30-24/h1-14,16H,15H2. The summed E-state index contributed by atoms with van der Waals surface area (Å²) in [6, 6.07) is 24.4. The first-order valence-electron chi connectivity index (χ1n) is 10.9. The summed E-state index contributed by atoms with van der Waals surface area (Å²) in [5.41, 5.74) is 4.29. The van der Waals surface area contributed by atoms with Crippen molar-refractivity contribution in [2.75, 3.05) is 0 Å². The van der Waals surface area contributed by atoms with E-state index < -0.39 is 11.6 Å². The van der Waals surface area contributed by atoms with E-state index in [0.717, 1.165) is 45.7 Å². The van der Waals surface area contributed by atoms with Gasteiger partial charge in [-0.15, -0.1) is 10.2 Å². The Morgan fingerprint density at radius 1 is 0.771 bits per heavy atom. The lowest BCUT2D eigenvalue weighted by Crippen LogP contribution is -2.01. The fourth-order valence-corrected chi connectivity index (χ4v) is 3.89. The first-order chi connectivity index (χ1) is 17.1. The van der Waals surface area contributed by atoms with Gasteiger partial charge in [0.05, 0.1) is 11.2 Å². The summed E-state index contributed by atoms with van der Waals surface area (Å²) in [7, 11) is 0. The molecule has 0 saturated carbocycles. The van der Waals surface area contributed by atoms with E-state index in [9.17, 15) is 8.78 Å². The van der Waals surface area contributed by atoms with Crippen molar-refractivity contribution >= 4 is 16.6 Å². The minimum Gasteiger partial charge on any atom is -0.457 e. The summed E-state index contributed by atoms with van der Waals surface area (Å²) in [5, 5.41) is 14.4. The molecule has 0 bridgehead atoms. The first-order valence-corrected chi connectivity index (χ1v) is 10.9. The molecule has 0 aliphatic carbocycles. The molecule has 8 heteroatoms. The number of aromatic nitrogens is 5. The topological polar surface area (TPSA) is 65.2 Å². The highest BCUT2D eigenvalue weighted by atomic mass is 19.2. The molecule has 170 valence electrons. The third kappa shape index (κ3) is 4.17. The monoisotopic (exact) mass is 465 g/mol. The molecular formula is C27H17F2N5O. The van der Waals surface area contributed by atoms with E-state index in [1.807, 2.05) is 48.5 Å². The van der Waals surface area contributed by atoms with Gasteiger partial charge in [-0.2, -0.15) is 9.61 Å². The van der Waals surface area contributed by atoms with Crippen molar-refractivity contribution in [1.82, 2.24) is 24.8 Å². The van der Waals surface area contributed by atoms with Crippen molar-refractivity contribution in [3.05, 3.63) is 114 Å². The smallest absolute Gasteiger partial charge is 0.177 e. The SMILES string of the molecule is Fc1ccc(Oc2ccc(-c3ccc4nnc(Cc5ccc6ncccc6c5)n4n3)cc2)cc1F. The second-order valence-electron chi connectivity index (χ2n) is 8.01. The van der Waals surface area contributed by atoms with Crippen molar-refractivity contribution in [3.63, 3.8) is 0 Å². The Balaban J connectivity index is 1.26. The predicted octanol–water partition coefficient (Wildman–Crippen LogP) is 6.00. The van der Waals surface area contributed by atoms with Gasteiger partial charge in [-0.25, -0.2) is 8.78 Å². The lowest BCUT2D eigenvalue weighted by molar-refractivity contribution is 0.461. The Morgan fingerprint density at radius 2 is 1.63 bits per heavy atom. The van der Waals surface area contributed by atoms with Crippen LogP contribution in [0.25, 0.3) is 27.8 Å². The minimum absolute atomic E-state index is 0.217. The first kappa shape index (κ1) is 20.9. The fourth-order valence-electron chi connectivity index (χ4n) is 3.89. The van der Waals surface area contributed by atoms with Gasteiger partial charge in [0.2, 0.25) is 0 Å². The van der Waals surface area contributed by atoms with Gasteiger partial charge in [0.15, 0.2) is 23.1 Å². The molecule has 3 heterocycles. The van der Waals surface area contributed by atoms with E-state index >= 15 is 0 Å². The van der Waals surface area contributed by atoms with Crippen LogP contribution in [0.2, 0.25) is 0 Å². The van der Waals surface area contributed by atoms with Crippen LogP contribution in [0.5, 0.6) is 11.5 Å². The summed E-state index contributed by atoms with van der Waals surface area (Å²) in [4.78, 5) is 4.37. The highest BCUT2D eigenvalue weighted by molar-refractivity contribution is 5.79. The zero-order valence-electron chi connectivity index (χ0n) is 18.3. The zero-order chi connectivity index (χ0) is 23.8. The zero-order valence-corrected chi connectivity index (χ0v) is 18.3. The molecule has 0 radical (unpaired) electrons. The summed E-state index contributed by atoms with van der Waals surface area (Å²) >= 11 is 0. The van der Waals surface area contributed by atoms with Crippen LogP contribution in [0, 0.1) is 11.6 Å². The molecule has 6 aromatic rings. The second-order valence-corrected chi connectivity index (χ2v) is 8.01. The Kier molecular flexibility index (Phi) is 5.11. The van der Waals surface area contributed by atoms with Gasteiger partial charge in [0.1, 0.15) is 11.5 Å². The highest BCUT2D eigenvalue weighted by Gasteiger charge is 2.11. The van der Waals surface area contributed by atoms with Gasteiger partial charge < -0.3 is 4.74 Å². The van der Waals surface area contributed by atoms with Crippen LogP contribution in [0.3, 0.4) is 0 Å². The fraction of sp³-hybridized carbons (Fsp3) is 0.0370. The number of hydrogen-bond donors (Lipinski definition) is 0. The average Bonchev–Trinajstić information content (AvgIpc) is 3.28. The second kappa shape index (κ2) is 8.57. The molecule has 6 nitrogen and oxygen atoms in total. The molecule has 0 atom stereocenters. The van der Waals surface area contributed by atoms with Gasteiger partial charge in [-0.05, 0) is 72.3 Å². The average molecular weight is 465 g/mol. The quantitative estimate of drug-likeness (QED) is 0.312. The van der Waals surface area contributed by atoms with Crippen molar-refractivity contribution < 1.29 is 13.5 Å². The van der Waals surface area contributed by atoms with Gasteiger partial charge in [-0.1, -0.05) is 12.1 Å². The highest BCUT2D eigenvalue weighted by Crippen LogP contribution is 2.26. The Morgan fingerprint density at radius 3 is 2.49 bits per heavy atom. The maximum atomic E-state index is 13.4. The van der Waals surface area contributed by atoms with Crippen molar-refractivity contribution in [2.24, 2.45) is 0 Å². The van der Waals surface area contributed by atoms with Gasteiger partial charge >= 0.3 is 0 Å². The van der Waals surface area contributed by atoms with E-state index in [2.05, 4.69) is 21.2 Å². The Labute approximate surface area is 198 Å². The Bertz CT molecular complexity index is 1680. The van der Waals surface area contributed by atoms with E-state index in [0.29, 0.717) is 17.8 Å². The molecule has 3 aromatic carbocycles. The third-order valence-corrected chi connectivity index (χ3v) is 5.63. The molecule has 0 spiro atoms.